The number of fused-ring (bicyclic) bond motifs is 1. The highest BCUT2D eigenvalue weighted by Gasteiger charge is 2.29. The molecule has 0 aliphatic carbocycles. The van der Waals surface area contributed by atoms with E-state index in [1.165, 1.54) is 11.8 Å². The van der Waals surface area contributed by atoms with Crippen molar-refractivity contribution in [1.29, 1.82) is 0 Å². The van der Waals surface area contributed by atoms with E-state index in [1.807, 2.05) is 26.0 Å². The van der Waals surface area contributed by atoms with Crippen molar-refractivity contribution in [1.82, 2.24) is 0 Å². The summed E-state index contributed by atoms with van der Waals surface area (Å²) in [5.74, 6) is -1.18. The Labute approximate surface area is 103 Å². The number of aliphatic carboxylic acids is 1. The first-order chi connectivity index (χ1) is 7.99. The number of hydrogen-bond acceptors (Lipinski definition) is 3. The zero-order valence-electron chi connectivity index (χ0n) is 9.61. The Morgan fingerprint density at radius 2 is 2.18 bits per heavy atom. The molecule has 1 heterocycles. The third kappa shape index (κ3) is 2.29. The fourth-order valence-corrected chi connectivity index (χ4v) is 2.91. The van der Waals surface area contributed by atoms with Crippen LogP contribution >= 0.6 is 11.8 Å². The van der Waals surface area contributed by atoms with Crippen molar-refractivity contribution in [2.24, 2.45) is 0 Å². The van der Waals surface area contributed by atoms with Crippen molar-refractivity contribution in [3.8, 4) is 0 Å². The normalized spacial score (nSPS) is 18.5. The Kier molecular flexibility index (Phi) is 3.11. The Hall–Kier alpha value is -1.49. The molecule has 1 unspecified atom stereocenters. The summed E-state index contributed by atoms with van der Waals surface area (Å²) in [6.45, 7) is 3.93. The van der Waals surface area contributed by atoms with E-state index in [-0.39, 0.29) is 12.3 Å². The Morgan fingerprint density at radius 1 is 1.47 bits per heavy atom. The molecule has 2 rings (SSSR count). The van der Waals surface area contributed by atoms with Gasteiger partial charge in [0.05, 0.1) is 17.4 Å². The molecule has 1 atom stereocenters. The number of aryl methyl sites for hydroxylation is 1. The van der Waals surface area contributed by atoms with Crippen LogP contribution in [0.25, 0.3) is 0 Å². The van der Waals surface area contributed by atoms with Gasteiger partial charge in [0.1, 0.15) is 0 Å². The molecule has 0 spiro atoms. The summed E-state index contributed by atoms with van der Waals surface area (Å²) in [6.07, 6.45) is -0.150. The molecular formula is C12H13NO3S. The van der Waals surface area contributed by atoms with E-state index in [1.54, 1.807) is 0 Å². The van der Waals surface area contributed by atoms with Crippen LogP contribution < -0.4 is 5.32 Å². The van der Waals surface area contributed by atoms with Crippen LogP contribution in [0.4, 0.5) is 5.69 Å². The number of rotatable bonds is 2. The number of carboxylic acid groups (broad SMARTS) is 1. The number of benzene rings is 1. The minimum Gasteiger partial charge on any atom is -0.481 e. The van der Waals surface area contributed by atoms with E-state index < -0.39 is 11.2 Å². The first kappa shape index (κ1) is 12.0. The predicted octanol–water partition coefficient (Wildman–Crippen LogP) is 2.19. The van der Waals surface area contributed by atoms with Gasteiger partial charge in [-0.05, 0) is 31.0 Å². The maximum atomic E-state index is 11.8. The monoisotopic (exact) mass is 251 g/mol. The summed E-state index contributed by atoms with van der Waals surface area (Å²) in [5.41, 5.74) is 2.97. The highest BCUT2D eigenvalue weighted by Crippen LogP contribution is 2.39. The molecular weight excluding hydrogens is 238 g/mol. The largest absolute Gasteiger partial charge is 0.481 e. The van der Waals surface area contributed by atoms with Crippen molar-refractivity contribution in [2.45, 2.75) is 30.4 Å². The van der Waals surface area contributed by atoms with Crippen molar-refractivity contribution in [3.05, 3.63) is 23.3 Å². The van der Waals surface area contributed by atoms with Gasteiger partial charge in [0.2, 0.25) is 5.91 Å². The summed E-state index contributed by atoms with van der Waals surface area (Å²) in [6, 6.07) is 3.91. The third-order valence-corrected chi connectivity index (χ3v) is 4.13. The van der Waals surface area contributed by atoms with Gasteiger partial charge in [0.15, 0.2) is 0 Å². The summed E-state index contributed by atoms with van der Waals surface area (Å²) < 4.78 is 0. The Bertz CT molecular complexity index is 499. The van der Waals surface area contributed by atoms with Crippen molar-refractivity contribution in [2.75, 3.05) is 5.32 Å². The van der Waals surface area contributed by atoms with Crippen LogP contribution in [-0.2, 0) is 9.59 Å². The molecule has 0 radical (unpaired) electrons. The molecule has 1 amide bonds. The molecule has 0 fully saturated rings. The average molecular weight is 251 g/mol. The highest BCUT2D eigenvalue weighted by atomic mass is 32.2. The van der Waals surface area contributed by atoms with Crippen LogP contribution in [0.3, 0.4) is 0 Å². The standard InChI is InChI=1S/C12H13NO3S/c1-6-3-4-8-11(7(6)2)13-12(16)9(17-8)5-10(14)15/h3-4,9H,5H2,1-2H3,(H,13,16)(H,14,15). The lowest BCUT2D eigenvalue weighted by atomic mass is 10.1. The lowest BCUT2D eigenvalue weighted by molar-refractivity contribution is -0.138. The highest BCUT2D eigenvalue weighted by molar-refractivity contribution is 8.01. The summed E-state index contributed by atoms with van der Waals surface area (Å²) in [7, 11) is 0. The Balaban J connectivity index is 2.33. The first-order valence-corrected chi connectivity index (χ1v) is 6.16. The van der Waals surface area contributed by atoms with Crippen LogP contribution in [0.2, 0.25) is 0 Å². The van der Waals surface area contributed by atoms with E-state index in [0.29, 0.717) is 0 Å². The summed E-state index contributed by atoms with van der Waals surface area (Å²) >= 11 is 1.32. The van der Waals surface area contributed by atoms with Gasteiger partial charge in [-0.25, -0.2) is 0 Å². The minimum absolute atomic E-state index is 0.150. The fourth-order valence-electron chi connectivity index (χ4n) is 1.75. The van der Waals surface area contributed by atoms with Crippen LogP contribution in [0.15, 0.2) is 17.0 Å². The second-order valence-electron chi connectivity index (χ2n) is 4.07. The molecule has 17 heavy (non-hydrogen) atoms. The van der Waals surface area contributed by atoms with E-state index in [0.717, 1.165) is 21.7 Å². The Morgan fingerprint density at radius 3 is 2.82 bits per heavy atom. The molecule has 1 aromatic rings. The van der Waals surface area contributed by atoms with Gasteiger partial charge in [-0.1, -0.05) is 6.07 Å². The summed E-state index contributed by atoms with van der Waals surface area (Å²) in [4.78, 5) is 23.4. The van der Waals surface area contributed by atoms with Gasteiger partial charge in [-0.15, -0.1) is 11.8 Å². The number of anilines is 1. The quantitative estimate of drug-likeness (QED) is 0.845. The molecule has 1 aliphatic rings. The molecule has 0 saturated heterocycles. The van der Waals surface area contributed by atoms with Gasteiger partial charge in [0, 0.05) is 4.90 Å². The van der Waals surface area contributed by atoms with Crippen LogP contribution in [-0.4, -0.2) is 22.2 Å². The topological polar surface area (TPSA) is 66.4 Å². The first-order valence-electron chi connectivity index (χ1n) is 5.28. The van der Waals surface area contributed by atoms with Crippen LogP contribution in [0.5, 0.6) is 0 Å². The molecule has 5 heteroatoms. The number of carbonyl (C=O) groups is 2. The van der Waals surface area contributed by atoms with E-state index in [4.69, 9.17) is 5.11 Å². The second kappa shape index (κ2) is 4.41. The van der Waals surface area contributed by atoms with E-state index >= 15 is 0 Å². The molecule has 4 nitrogen and oxygen atoms in total. The third-order valence-electron chi connectivity index (χ3n) is 2.87. The van der Waals surface area contributed by atoms with E-state index in [2.05, 4.69) is 5.32 Å². The van der Waals surface area contributed by atoms with Crippen molar-refractivity contribution < 1.29 is 14.7 Å². The average Bonchev–Trinajstić information content (AvgIpc) is 2.25. The van der Waals surface area contributed by atoms with Crippen molar-refractivity contribution in [3.63, 3.8) is 0 Å². The number of nitrogens with one attached hydrogen (secondary N) is 1. The molecule has 0 bridgehead atoms. The van der Waals surface area contributed by atoms with Gasteiger partial charge in [-0.3, -0.25) is 9.59 Å². The van der Waals surface area contributed by atoms with E-state index in [9.17, 15) is 9.59 Å². The molecule has 0 aromatic heterocycles. The lowest BCUT2D eigenvalue weighted by Crippen LogP contribution is -2.31. The molecule has 0 saturated carbocycles. The SMILES string of the molecule is Cc1ccc2c(c1C)NC(=O)C(CC(=O)O)S2. The number of carbonyl (C=O) groups excluding carboxylic acids is 1. The number of carboxylic acids is 1. The van der Waals surface area contributed by atoms with Crippen molar-refractivity contribution >= 4 is 29.3 Å². The molecule has 1 aliphatic heterocycles. The van der Waals surface area contributed by atoms with Gasteiger partial charge in [0.25, 0.3) is 0 Å². The van der Waals surface area contributed by atoms with Gasteiger partial charge < -0.3 is 10.4 Å². The predicted molar refractivity (Wildman–Crippen MR) is 66.4 cm³/mol. The zero-order valence-corrected chi connectivity index (χ0v) is 10.4. The zero-order chi connectivity index (χ0) is 12.6. The fraction of sp³-hybridized carbons (Fsp3) is 0.333. The molecule has 2 N–H and O–H groups in total. The smallest absolute Gasteiger partial charge is 0.305 e. The molecule has 90 valence electrons. The minimum atomic E-state index is -0.954. The number of hydrogen-bond donors (Lipinski definition) is 2. The van der Waals surface area contributed by atoms with Crippen LogP contribution in [0.1, 0.15) is 17.5 Å². The lowest BCUT2D eigenvalue weighted by Gasteiger charge is -2.25. The van der Waals surface area contributed by atoms with Crippen LogP contribution in [0, 0.1) is 13.8 Å². The van der Waals surface area contributed by atoms with Gasteiger partial charge >= 0.3 is 5.97 Å². The summed E-state index contributed by atoms with van der Waals surface area (Å²) in [5, 5.41) is 11.0. The van der Waals surface area contributed by atoms with Gasteiger partial charge in [-0.2, -0.15) is 0 Å². The number of thioether (sulfide) groups is 1. The number of amides is 1. The maximum absolute atomic E-state index is 11.8. The second-order valence-corrected chi connectivity index (χ2v) is 5.32. The maximum Gasteiger partial charge on any atom is 0.305 e. The molecule has 1 aromatic carbocycles.